The zero-order valence-corrected chi connectivity index (χ0v) is 17.7. The van der Waals surface area contributed by atoms with Crippen molar-refractivity contribution in [1.82, 2.24) is 4.90 Å². The molecule has 1 atom stereocenters. The lowest BCUT2D eigenvalue weighted by atomic mass is 8.99. The van der Waals surface area contributed by atoms with Crippen LogP contribution in [-0.2, 0) is 0 Å². The fraction of sp³-hybridized carbons (Fsp3) is 0.647. The molecule has 20 radical (unpaired) electrons. The fourth-order valence-corrected chi connectivity index (χ4v) is 4.26. The molecule has 132 valence electrons. The van der Waals surface area contributed by atoms with Gasteiger partial charge in [0.25, 0.3) is 0 Å². The Kier molecular flexibility index (Phi) is 6.53. The number of hydrogen-bond acceptors (Lipinski definition) is 3. The quantitative estimate of drug-likeness (QED) is 0.627. The molecule has 0 aliphatic heterocycles. The summed E-state index contributed by atoms with van der Waals surface area (Å²) in [6.45, 7) is 0.156. The van der Waals surface area contributed by atoms with Crippen molar-refractivity contribution in [2.45, 2.75) is 37.6 Å². The molecule has 1 fully saturated rings. The normalized spacial score (nSPS) is 25.9. The summed E-state index contributed by atoms with van der Waals surface area (Å²) >= 11 is 0. The Bertz CT molecular complexity index is 749. The van der Waals surface area contributed by atoms with Crippen LogP contribution >= 0.6 is 0 Å². The van der Waals surface area contributed by atoms with Gasteiger partial charge in [-0.15, -0.1) is 15.6 Å². The van der Waals surface area contributed by atoms with Crippen LogP contribution in [-0.4, -0.2) is 122 Å². The number of hydrogen-bond donors (Lipinski definition) is 1. The third-order valence-corrected chi connectivity index (χ3v) is 6.57. The lowest BCUT2D eigenvalue weighted by Crippen LogP contribution is -2.74. The van der Waals surface area contributed by atoms with Gasteiger partial charge in [-0.05, 0) is 31.8 Å². The van der Waals surface area contributed by atoms with Crippen LogP contribution in [0, 0.1) is 0 Å². The molecule has 1 aliphatic carbocycles. The highest BCUT2D eigenvalue weighted by atomic mass is 16.5. The van der Waals surface area contributed by atoms with Crippen LogP contribution in [0.1, 0.15) is 11.5 Å². The molecular formula is C17H17B10NO2. The fourth-order valence-electron chi connectivity index (χ4n) is 4.26. The van der Waals surface area contributed by atoms with Crippen LogP contribution in [0.15, 0.2) is 24.3 Å². The van der Waals surface area contributed by atoms with Crippen LogP contribution in [0.2, 0.25) is 26.1 Å². The molecule has 30 heavy (non-hydrogen) atoms. The predicted molar refractivity (Wildman–Crippen MR) is 130 cm³/mol. The molecule has 1 N–H and O–H groups in total. The predicted octanol–water partition coefficient (Wildman–Crippen LogP) is -1.65. The Morgan fingerprint density at radius 1 is 0.767 bits per heavy atom. The lowest BCUT2D eigenvalue weighted by Gasteiger charge is -2.81. The van der Waals surface area contributed by atoms with Gasteiger partial charge in [-0.25, -0.2) is 0 Å². The molecule has 0 heterocycles. The number of benzene rings is 1. The first kappa shape index (κ1) is 25.8. The third kappa shape index (κ3) is 3.08. The maximum absolute atomic E-state index is 12.1. The molecule has 1 aliphatic rings. The van der Waals surface area contributed by atoms with Crippen molar-refractivity contribution < 1.29 is 9.84 Å². The molecule has 2 rings (SSSR count). The van der Waals surface area contributed by atoms with Crippen molar-refractivity contribution in [2.75, 3.05) is 27.7 Å². The van der Waals surface area contributed by atoms with Crippen LogP contribution in [0.5, 0.6) is 5.75 Å². The van der Waals surface area contributed by atoms with E-state index in [4.69, 9.17) is 83.2 Å². The Hall–Kier alpha value is -0.411. The van der Waals surface area contributed by atoms with Gasteiger partial charge < -0.3 is 14.7 Å². The number of methoxy groups -OCH3 is 1. The monoisotopic (exact) mass is 377 g/mol. The van der Waals surface area contributed by atoms with Crippen LogP contribution < -0.4 is 4.74 Å². The molecule has 13 heteroatoms. The summed E-state index contributed by atoms with van der Waals surface area (Å²) in [5.41, 5.74) is -1.95. The summed E-state index contributed by atoms with van der Waals surface area (Å²) in [4.78, 5) is 1.76. The van der Waals surface area contributed by atoms with Gasteiger partial charge in [0.15, 0.2) is 0 Å². The molecule has 1 aromatic rings. The van der Waals surface area contributed by atoms with Gasteiger partial charge in [-0.1, -0.05) is 22.6 Å². The zero-order chi connectivity index (χ0) is 23.6. The first-order chi connectivity index (χ1) is 13.3. The highest BCUT2D eigenvalue weighted by Gasteiger charge is 2.72. The van der Waals surface area contributed by atoms with E-state index in [0.717, 1.165) is 0 Å². The first-order valence-electron chi connectivity index (χ1n) is 9.24. The second-order valence-electron chi connectivity index (χ2n) is 8.70. The number of ether oxygens (including phenoxy) is 1. The van der Waals surface area contributed by atoms with E-state index in [1.54, 1.807) is 43.3 Å². The Labute approximate surface area is 194 Å². The molecule has 0 saturated heterocycles. The average Bonchev–Trinajstić information content (AvgIpc) is 2.63. The molecule has 1 saturated carbocycles. The standard InChI is InChI=1S/C17H17B10NO2/c1-28(2)8-11(9-4-6-10(30-3)7-5-9)12(29)13(18,19)15(22,23)17(26,27)16(24,25)14(12,20)21/h4-7,11,29H,8H2,1-3H3. The summed E-state index contributed by atoms with van der Waals surface area (Å²) in [7, 11) is 67.6. The number of aliphatic hydroxyl groups is 1. The van der Waals surface area contributed by atoms with E-state index in [2.05, 4.69) is 0 Å². The SMILES string of the molecule is [B]C1([B])C([B])([B])C([B])([B])C(O)(C(CN(C)C)c2ccc(OC)cc2)C([B])([B])C1([B])[B]. The second kappa shape index (κ2) is 7.58. The Morgan fingerprint density at radius 2 is 1.13 bits per heavy atom. The molecule has 0 spiro atoms. The van der Waals surface area contributed by atoms with Gasteiger partial charge >= 0.3 is 0 Å². The lowest BCUT2D eigenvalue weighted by molar-refractivity contribution is -0.0632. The van der Waals surface area contributed by atoms with E-state index >= 15 is 0 Å². The van der Waals surface area contributed by atoms with Crippen molar-refractivity contribution in [3.63, 3.8) is 0 Å². The number of nitrogens with zero attached hydrogens (tertiary/aromatic N) is 1. The molecule has 0 amide bonds. The first-order valence-corrected chi connectivity index (χ1v) is 9.24. The number of rotatable bonds is 5. The number of likely N-dealkylation sites (N-methyl/N-ethyl adjacent to an activating group) is 1. The van der Waals surface area contributed by atoms with Gasteiger partial charge in [0.2, 0.25) is 0 Å². The van der Waals surface area contributed by atoms with Crippen molar-refractivity contribution in [3.8, 4) is 5.75 Å². The molecule has 0 aromatic heterocycles. The van der Waals surface area contributed by atoms with E-state index in [-0.39, 0.29) is 6.54 Å². The maximum Gasteiger partial charge on any atom is 0.118 e. The summed E-state index contributed by atoms with van der Waals surface area (Å²) in [5, 5.41) is 0.0490. The van der Waals surface area contributed by atoms with Crippen molar-refractivity contribution in [3.05, 3.63) is 29.8 Å². The van der Waals surface area contributed by atoms with Gasteiger partial charge in [-0.2, -0.15) is 0 Å². The summed E-state index contributed by atoms with van der Waals surface area (Å²) in [5.74, 6) is -0.393. The molecule has 1 aromatic carbocycles. The zero-order valence-electron chi connectivity index (χ0n) is 17.7. The largest absolute Gasteiger partial charge is 0.497 e. The minimum absolute atomic E-state index is 0.156. The average molecular weight is 375 g/mol. The smallest absolute Gasteiger partial charge is 0.118 e. The van der Waals surface area contributed by atoms with Crippen LogP contribution in [0.3, 0.4) is 0 Å². The van der Waals surface area contributed by atoms with Gasteiger partial charge in [0.05, 0.1) is 91.2 Å². The van der Waals surface area contributed by atoms with Crippen LogP contribution in [0.25, 0.3) is 0 Å². The molecule has 0 bridgehead atoms. The highest BCUT2D eigenvalue weighted by Crippen LogP contribution is 2.83. The summed E-state index contributed by atoms with van der Waals surface area (Å²) < 4.78 is 5.19. The van der Waals surface area contributed by atoms with E-state index in [0.29, 0.717) is 11.3 Å². The van der Waals surface area contributed by atoms with E-state index in [1.807, 2.05) is 0 Å². The van der Waals surface area contributed by atoms with Gasteiger partial charge in [0.1, 0.15) is 5.75 Å². The second-order valence-corrected chi connectivity index (χ2v) is 8.70. The highest BCUT2D eigenvalue weighted by molar-refractivity contribution is 6.70. The minimum atomic E-state index is -2.49. The van der Waals surface area contributed by atoms with Gasteiger partial charge in [0, 0.05) is 12.5 Å². The van der Waals surface area contributed by atoms with Crippen molar-refractivity contribution in [2.24, 2.45) is 0 Å². The van der Waals surface area contributed by atoms with E-state index in [9.17, 15) is 5.11 Å². The van der Waals surface area contributed by atoms with E-state index < -0.39 is 37.6 Å². The molecule has 3 nitrogen and oxygen atoms in total. The molecule has 1 unspecified atom stereocenters. The minimum Gasteiger partial charge on any atom is -0.497 e. The Morgan fingerprint density at radius 3 is 1.47 bits per heavy atom. The Balaban J connectivity index is 2.87. The topological polar surface area (TPSA) is 32.7 Å². The maximum atomic E-state index is 12.1. The van der Waals surface area contributed by atoms with Crippen LogP contribution in [0.4, 0.5) is 0 Å². The van der Waals surface area contributed by atoms with Crippen molar-refractivity contribution >= 4 is 78.5 Å². The summed E-state index contributed by atoms with van der Waals surface area (Å²) in [6.07, 6.45) is 0. The molecular weight excluding hydrogens is 358 g/mol. The van der Waals surface area contributed by atoms with Crippen molar-refractivity contribution in [1.29, 1.82) is 0 Å². The third-order valence-electron chi connectivity index (χ3n) is 6.57. The van der Waals surface area contributed by atoms with Gasteiger partial charge in [-0.3, -0.25) is 0 Å². The summed E-state index contributed by atoms with van der Waals surface area (Å²) in [6, 6.07) is 6.74. The van der Waals surface area contributed by atoms with E-state index in [1.165, 1.54) is 7.11 Å².